The summed E-state index contributed by atoms with van der Waals surface area (Å²) in [6.45, 7) is 1.17. The molecule has 1 saturated heterocycles. The number of amides is 1. The Kier molecular flexibility index (Phi) is 4.09. The van der Waals surface area contributed by atoms with Crippen LogP contribution in [-0.4, -0.2) is 40.0 Å². The molecular formula is C22H21N3O2. The van der Waals surface area contributed by atoms with Gasteiger partial charge in [-0.15, -0.1) is 0 Å². The van der Waals surface area contributed by atoms with Gasteiger partial charge in [0, 0.05) is 6.54 Å². The van der Waals surface area contributed by atoms with Crippen LogP contribution < -0.4 is 0 Å². The zero-order valence-electron chi connectivity index (χ0n) is 15.0. The van der Waals surface area contributed by atoms with E-state index in [1.165, 1.54) is 12.8 Å². The minimum Gasteiger partial charge on any atom is -0.366 e. The molecule has 1 aliphatic heterocycles. The van der Waals surface area contributed by atoms with Crippen molar-refractivity contribution in [3.8, 4) is 0 Å². The molecular weight excluding hydrogens is 338 g/mol. The molecule has 1 amide bonds. The Labute approximate surface area is 158 Å². The number of benzene rings is 2. The van der Waals surface area contributed by atoms with Crippen molar-refractivity contribution in [2.45, 2.75) is 25.0 Å². The molecule has 1 aromatic heterocycles. The van der Waals surface area contributed by atoms with E-state index in [1.54, 1.807) is 6.20 Å². The van der Waals surface area contributed by atoms with Crippen LogP contribution in [0.1, 0.15) is 35.0 Å². The largest absolute Gasteiger partial charge is 0.366 e. The molecule has 0 radical (unpaired) electrons. The molecule has 2 aliphatic rings. The Bertz CT molecular complexity index is 971. The number of fused-ring (bicyclic) bond motifs is 1. The number of nitrogens with zero attached hydrogens (tertiary/aromatic N) is 3. The molecule has 5 nitrogen and oxygen atoms in total. The number of para-hydroxylation sites is 2. The Hall–Kier alpha value is -2.79. The van der Waals surface area contributed by atoms with Gasteiger partial charge in [0.05, 0.1) is 29.9 Å². The van der Waals surface area contributed by atoms with Crippen molar-refractivity contribution in [3.63, 3.8) is 0 Å². The molecule has 136 valence electrons. The second-order valence-corrected chi connectivity index (χ2v) is 7.37. The van der Waals surface area contributed by atoms with Crippen molar-refractivity contribution in [2.75, 3.05) is 13.1 Å². The summed E-state index contributed by atoms with van der Waals surface area (Å²) in [5.74, 6) is 0.498. The Balaban J connectivity index is 1.43. The first-order valence-electron chi connectivity index (χ1n) is 9.49. The summed E-state index contributed by atoms with van der Waals surface area (Å²) in [4.78, 5) is 24.0. The van der Waals surface area contributed by atoms with Crippen LogP contribution in [0.25, 0.3) is 11.0 Å². The Morgan fingerprint density at radius 1 is 0.963 bits per heavy atom. The van der Waals surface area contributed by atoms with Gasteiger partial charge in [-0.25, -0.2) is 4.98 Å². The van der Waals surface area contributed by atoms with Gasteiger partial charge in [0.1, 0.15) is 11.8 Å². The fourth-order valence-corrected chi connectivity index (χ4v) is 3.76. The summed E-state index contributed by atoms with van der Waals surface area (Å²) in [6, 6.07) is 17.8. The maximum atomic E-state index is 13.2. The zero-order valence-corrected chi connectivity index (χ0v) is 15.0. The van der Waals surface area contributed by atoms with Crippen molar-refractivity contribution >= 4 is 16.9 Å². The molecule has 2 atom stereocenters. The molecule has 5 heteroatoms. The van der Waals surface area contributed by atoms with Crippen LogP contribution in [0.3, 0.4) is 0 Å². The van der Waals surface area contributed by atoms with Crippen molar-refractivity contribution in [3.05, 3.63) is 72.1 Å². The van der Waals surface area contributed by atoms with E-state index in [-0.39, 0.29) is 18.1 Å². The van der Waals surface area contributed by atoms with Crippen LogP contribution in [0, 0.1) is 5.92 Å². The van der Waals surface area contributed by atoms with Crippen molar-refractivity contribution in [1.29, 1.82) is 0 Å². The monoisotopic (exact) mass is 359 g/mol. The number of morpholine rings is 1. The standard InChI is InChI=1S/C22H21N3O2/c26-22(19-12-23-17-8-4-5-9-18(17)24-19)25-13-20(15-6-2-1-3-7-15)27-21(14-25)16-10-11-16/h1-9,12,16,20-21H,10-11,13-14H2/t20-,21+/m0/s1. The Morgan fingerprint density at radius 3 is 2.48 bits per heavy atom. The van der Waals surface area contributed by atoms with E-state index in [9.17, 15) is 4.79 Å². The smallest absolute Gasteiger partial charge is 0.274 e. The van der Waals surface area contributed by atoms with Crippen molar-refractivity contribution in [2.24, 2.45) is 5.92 Å². The predicted molar refractivity (Wildman–Crippen MR) is 102 cm³/mol. The molecule has 5 rings (SSSR count). The van der Waals surface area contributed by atoms with Crippen LogP contribution in [0.15, 0.2) is 60.8 Å². The number of ether oxygens (including phenoxy) is 1. The number of carbonyl (C=O) groups excluding carboxylic acids is 1. The number of hydrogen-bond acceptors (Lipinski definition) is 4. The van der Waals surface area contributed by atoms with Crippen LogP contribution in [-0.2, 0) is 4.74 Å². The number of carbonyl (C=O) groups is 1. The average Bonchev–Trinajstić information content (AvgIpc) is 3.59. The molecule has 27 heavy (non-hydrogen) atoms. The van der Waals surface area contributed by atoms with E-state index < -0.39 is 0 Å². The summed E-state index contributed by atoms with van der Waals surface area (Å²) in [5.41, 5.74) is 3.06. The lowest BCUT2D eigenvalue weighted by Gasteiger charge is -2.38. The van der Waals surface area contributed by atoms with Crippen LogP contribution in [0.2, 0.25) is 0 Å². The van der Waals surface area contributed by atoms with Crippen LogP contribution in [0.5, 0.6) is 0 Å². The molecule has 0 N–H and O–H groups in total. The van der Waals surface area contributed by atoms with E-state index in [1.807, 2.05) is 47.4 Å². The van der Waals surface area contributed by atoms with Gasteiger partial charge in [0.2, 0.25) is 0 Å². The molecule has 2 aromatic carbocycles. The number of aromatic nitrogens is 2. The van der Waals surface area contributed by atoms with Gasteiger partial charge < -0.3 is 9.64 Å². The highest BCUT2D eigenvalue weighted by atomic mass is 16.5. The highest BCUT2D eigenvalue weighted by Crippen LogP contribution is 2.39. The minimum atomic E-state index is -0.0945. The van der Waals surface area contributed by atoms with E-state index in [0.29, 0.717) is 24.7 Å². The molecule has 1 aliphatic carbocycles. The summed E-state index contributed by atoms with van der Waals surface area (Å²) >= 11 is 0. The quantitative estimate of drug-likeness (QED) is 0.717. The van der Waals surface area contributed by atoms with E-state index in [2.05, 4.69) is 22.1 Å². The number of hydrogen-bond donors (Lipinski definition) is 0. The molecule has 0 spiro atoms. The summed E-state index contributed by atoms with van der Waals surface area (Å²) in [5, 5.41) is 0. The normalized spacial score (nSPS) is 22.7. The second kappa shape index (κ2) is 6.74. The highest BCUT2D eigenvalue weighted by Gasteiger charge is 2.40. The predicted octanol–water partition coefficient (Wildman–Crippen LogP) is 3.62. The van der Waals surface area contributed by atoms with E-state index in [0.717, 1.165) is 16.6 Å². The maximum Gasteiger partial charge on any atom is 0.274 e. The van der Waals surface area contributed by atoms with Gasteiger partial charge in [-0.05, 0) is 36.5 Å². The third-order valence-corrected chi connectivity index (χ3v) is 5.40. The lowest BCUT2D eigenvalue weighted by Crippen LogP contribution is -2.48. The lowest BCUT2D eigenvalue weighted by molar-refractivity contribution is -0.0865. The molecule has 0 unspecified atom stereocenters. The summed E-state index contributed by atoms with van der Waals surface area (Å²) in [6.07, 6.45) is 3.96. The topological polar surface area (TPSA) is 55.3 Å². The van der Waals surface area contributed by atoms with Crippen molar-refractivity contribution < 1.29 is 9.53 Å². The average molecular weight is 359 g/mol. The molecule has 2 heterocycles. The summed E-state index contributed by atoms with van der Waals surface area (Å²) in [7, 11) is 0. The van der Waals surface area contributed by atoms with Crippen molar-refractivity contribution in [1.82, 2.24) is 14.9 Å². The zero-order chi connectivity index (χ0) is 18.2. The van der Waals surface area contributed by atoms with E-state index >= 15 is 0 Å². The molecule has 3 aromatic rings. The summed E-state index contributed by atoms with van der Waals surface area (Å²) < 4.78 is 6.35. The van der Waals surface area contributed by atoms with Gasteiger partial charge in [-0.1, -0.05) is 42.5 Å². The molecule has 1 saturated carbocycles. The maximum absolute atomic E-state index is 13.2. The first-order valence-corrected chi connectivity index (χ1v) is 9.49. The SMILES string of the molecule is O=C(c1cnc2ccccc2n1)N1C[C@@H](c2ccccc2)O[C@@H](C2CC2)C1. The fraction of sp³-hybridized carbons (Fsp3) is 0.318. The van der Waals surface area contributed by atoms with Gasteiger partial charge in [0.25, 0.3) is 5.91 Å². The van der Waals surface area contributed by atoms with Gasteiger partial charge in [-0.3, -0.25) is 9.78 Å². The minimum absolute atomic E-state index is 0.0665. The van der Waals surface area contributed by atoms with Crippen LogP contribution >= 0.6 is 0 Å². The Morgan fingerprint density at radius 2 is 1.70 bits per heavy atom. The third-order valence-electron chi connectivity index (χ3n) is 5.40. The van der Waals surface area contributed by atoms with Gasteiger partial charge >= 0.3 is 0 Å². The second-order valence-electron chi connectivity index (χ2n) is 7.37. The number of rotatable bonds is 3. The highest BCUT2D eigenvalue weighted by molar-refractivity contribution is 5.93. The first-order chi connectivity index (χ1) is 13.3. The third kappa shape index (κ3) is 3.30. The van der Waals surface area contributed by atoms with E-state index in [4.69, 9.17) is 4.74 Å². The van der Waals surface area contributed by atoms with Crippen LogP contribution in [0.4, 0.5) is 0 Å². The fourth-order valence-electron chi connectivity index (χ4n) is 3.76. The molecule has 0 bridgehead atoms. The first kappa shape index (κ1) is 16.4. The van der Waals surface area contributed by atoms with Gasteiger partial charge in [-0.2, -0.15) is 0 Å². The van der Waals surface area contributed by atoms with Gasteiger partial charge in [0.15, 0.2) is 0 Å². The molecule has 2 fully saturated rings. The lowest BCUT2D eigenvalue weighted by atomic mass is 10.0.